The lowest BCUT2D eigenvalue weighted by Gasteiger charge is -2.50. The van der Waals surface area contributed by atoms with Gasteiger partial charge >= 0.3 is 0 Å². The van der Waals surface area contributed by atoms with Crippen molar-refractivity contribution in [3.63, 3.8) is 0 Å². The SMILES string of the molecule is CC(C)c1cccc(C(C)C)c1N(P(c1ccccc1)c1ccccc1)[Si](C)(C)P(c1ccccc1)c1ccccc1. The fourth-order valence-corrected chi connectivity index (χ4v) is 21.3. The molecule has 0 radical (unpaired) electrons. The summed E-state index contributed by atoms with van der Waals surface area (Å²) in [6.45, 7) is 14.7. The molecule has 0 aliphatic rings. The van der Waals surface area contributed by atoms with Crippen LogP contribution in [0.1, 0.15) is 50.7 Å². The van der Waals surface area contributed by atoms with Crippen LogP contribution in [0, 0.1) is 0 Å². The summed E-state index contributed by atoms with van der Waals surface area (Å²) in [6, 6.07) is 52.3. The van der Waals surface area contributed by atoms with E-state index in [4.69, 9.17) is 0 Å². The van der Waals surface area contributed by atoms with E-state index in [1.54, 1.807) is 0 Å². The first-order valence-corrected chi connectivity index (χ1v) is 21.5. The number of hydrogen-bond donors (Lipinski definition) is 0. The smallest absolute Gasteiger partial charge is 0.190 e. The van der Waals surface area contributed by atoms with Gasteiger partial charge in [0.2, 0.25) is 0 Å². The molecule has 4 heteroatoms. The predicted molar refractivity (Wildman–Crippen MR) is 193 cm³/mol. The summed E-state index contributed by atoms with van der Waals surface area (Å²) in [7, 11) is -3.86. The fraction of sp³-hybridized carbons (Fsp3) is 0.211. The van der Waals surface area contributed by atoms with Crippen LogP contribution in [-0.2, 0) is 0 Å². The molecule has 0 aliphatic heterocycles. The fourth-order valence-electron chi connectivity index (χ4n) is 5.92. The number of benzene rings is 5. The van der Waals surface area contributed by atoms with Gasteiger partial charge in [0.15, 0.2) is 7.90 Å². The van der Waals surface area contributed by atoms with Gasteiger partial charge in [-0.15, -0.1) is 0 Å². The third-order valence-corrected chi connectivity index (χ3v) is 22.0. The second-order valence-electron chi connectivity index (χ2n) is 11.9. The Bertz CT molecular complexity index is 1450. The highest BCUT2D eigenvalue weighted by Gasteiger charge is 2.46. The average Bonchev–Trinajstić information content (AvgIpc) is 3.01. The van der Waals surface area contributed by atoms with Crippen molar-refractivity contribution in [2.75, 3.05) is 4.34 Å². The Morgan fingerprint density at radius 3 is 1.12 bits per heavy atom. The lowest BCUT2D eigenvalue weighted by Crippen LogP contribution is -2.52. The minimum absolute atomic E-state index is 0.411. The summed E-state index contributed by atoms with van der Waals surface area (Å²) in [4.78, 5) is 0. The average molecular weight is 604 g/mol. The highest BCUT2D eigenvalue weighted by atomic mass is 31.4. The molecule has 0 saturated heterocycles. The van der Waals surface area contributed by atoms with Crippen LogP contribution in [0.2, 0.25) is 13.1 Å². The molecule has 0 aromatic heterocycles. The number of anilines is 1. The molecule has 0 saturated carbocycles. The van der Waals surface area contributed by atoms with Crippen molar-refractivity contribution >= 4 is 50.4 Å². The molecule has 5 aromatic carbocycles. The van der Waals surface area contributed by atoms with E-state index in [9.17, 15) is 0 Å². The van der Waals surface area contributed by atoms with Gasteiger partial charge in [0.05, 0.1) is 0 Å². The maximum Gasteiger partial charge on any atom is 0.190 e. The number of nitrogens with zero attached hydrogens (tertiary/aromatic N) is 1. The van der Waals surface area contributed by atoms with E-state index in [0.717, 1.165) is 0 Å². The van der Waals surface area contributed by atoms with Gasteiger partial charge in [0.25, 0.3) is 0 Å². The molecule has 1 nitrogen and oxygen atoms in total. The Kier molecular flexibility index (Phi) is 9.80. The first-order chi connectivity index (χ1) is 20.3. The Morgan fingerprint density at radius 2 is 0.786 bits per heavy atom. The summed E-state index contributed by atoms with van der Waals surface area (Å²) >= 11 is 0. The Morgan fingerprint density at radius 1 is 0.452 bits per heavy atom. The van der Waals surface area contributed by atoms with E-state index in [0.29, 0.717) is 11.8 Å². The van der Waals surface area contributed by atoms with Crippen LogP contribution in [0.15, 0.2) is 140 Å². The monoisotopic (exact) mass is 603 g/mol. The van der Waals surface area contributed by atoms with Gasteiger partial charge < -0.3 is 4.34 Å². The molecule has 0 heterocycles. The topological polar surface area (TPSA) is 3.24 Å². The Hall–Kier alpha value is -3.02. The lowest BCUT2D eigenvalue weighted by atomic mass is 9.93. The van der Waals surface area contributed by atoms with Crippen LogP contribution in [0.3, 0.4) is 0 Å². The van der Waals surface area contributed by atoms with Gasteiger partial charge in [0.1, 0.15) is 0 Å². The molecule has 0 aliphatic carbocycles. The van der Waals surface area contributed by atoms with Gasteiger partial charge in [-0.3, -0.25) is 0 Å². The molecule has 0 amide bonds. The zero-order chi connectivity index (χ0) is 29.7. The predicted octanol–water partition coefficient (Wildman–Crippen LogP) is 9.62. The molecular weight excluding hydrogens is 560 g/mol. The second-order valence-corrected chi connectivity index (χ2v) is 24.1. The molecular formula is C38H43NP2Si. The number of rotatable bonds is 10. The second kappa shape index (κ2) is 13.5. The number of para-hydroxylation sites is 1. The van der Waals surface area contributed by atoms with Crippen molar-refractivity contribution in [1.29, 1.82) is 0 Å². The van der Waals surface area contributed by atoms with E-state index < -0.39 is 23.4 Å². The molecule has 0 atom stereocenters. The van der Waals surface area contributed by atoms with Gasteiger partial charge in [-0.05, 0) is 64.7 Å². The maximum absolute atomic E-state index is 3.02. The Labute approximate surface area is 257 Å². The van der Waals surface area contributed by atoms with Gasteiger partial charge in [-0.25, -0.2) is 0 Å². The minimum Gasteiger partial charge on any atom is -0.365 e. The zero-order valence-electron chi connectivity index (χ0n) is 25.8. The van der Waals surface area contributed by atoms with Gasteiger partial charge in [-0.2, -0.15) is 0 Å². The molecule has 5 rings (SSSR count). The van der Waals surface area contributed by atoms with Crippen LogP contribution in [0.5, 0.6) is 0 Å². The van der Waals surface area contributed by atoms with Crippen LogP contribution in [0.4, 0.5) is 5.69 Å². The summed E-state index contributed by atoms with van der Waals surface area (Å²) in [6.07, 6.45) is 0. The molecule has 42 heavy (non-hydrogen) atoms. The summed E-state index contributed by atoms with van der Waals surface area (Å²) in [5.41, 5.74) is 4.38. The van der Waals surface area contributed by atoms with Crippen LogP contribution in [-0.4, -0.2) is 7.90 Å². The zero-order valence-corrected chi connectivity index (χ0v) is 28.6. The third kappa shape index (κ3) is 6.33. The van der Waals surface area contributed by atoms with Crippen molar-refractivity contribution in [3.05, 3.63) is 151 Å². The Balaban J connectivity index is 1.90. The molecule has 214 valence electrons. The van der Waals surface area contributed by atoms with Crippen molar-refractivity contribution in [1.82, 2.24) is 0 Å². The van der Waals surface area contributed by atoms with Crippen LogP contribution >= 0.6 is 15.5 Å². The summed E-state index contributed by atoms with van der Waals surface area (Å²) in [5, 5.41) is 5.74. The number of hydrogen-bond acceptors (Lipinski definition) is 1. The van der Waals surface area contributed by atoms with Crippen molar-refractivity contribution < 1.29 is 0 Å². The third-order valence-electron chi connectivity index (χ3n) is 7.85. The molecule has 0 spiro atoms. The molecule has 0 bridgehead atoms. The lowest BCUT2D eigenvalue weighted by molar-refractivity contribution is 0.836. The van der Waals surface area contributed by atoms with E-state index >= 15 is 0 Å². The molecule has 5 aromatic rings. The standard InChI is InChI=1S/C38H43NP2Si/c1-30(2)36-28-19-29-37(31(3)4)38(36)39(40(32-20-11-7-12-21-32)33-22-13-8-14-23-33)42(5,6)41(34-24-15-9-16-25-34)35-26-17-10-18-27-35/h7-31H,1-6H3. The van der Waals surface area contributed by atoms with Gasteiger partial charge in [-0.1, -0.05) is 167 Å². The van der Waals surface area contributed by atoms with E-state index in [2.05, 4.69) is 185 Å². The van der Waals surface area contributed by atoms with E-state index in [-0.39, 0.29) is 0 Å². The van der Waals surface area contributed by atoms with E-state index in [1.807, 2.05) is 0 Å². The first-order valence-electron chi connectivity index (χ1n) is 15.0. The summed E-state index contributed by atoms with van der Waals surface area (Å²) < 4.78 is 3.02. The highest BCUT2D eigenvalue weighted by Crippen LogP contribution is 2.58. The first kappa shape index (κ1) is 30.4. The maximum atomic E-state index is 3.02. The van der Waals surface area contributed by atoms with Crippen molar-refractivity contribution in [3.8, 4) is 0 Å². The quantitative estimate of drug-likeness (QED) is 0.113. The highest BCUT2D eigenvalue weighted by molar-refractivity contribution is 8.07. The normalized spacial score (nSPS) is 12.0. The van der Waals surface area contributed by atoms with Crippen molar-refractivity contribution in [2.24, 2.45) is 0 Å². The minimum atomic E-state index is -2.34. The van der Waals surface area contributed by atoms with E-state index in [1.165, 1.54) is 38.0 Å². The van der Waals surface area contributed by atoms with Crippen molar-refractivity contribution in [2.45, 2.75) is 52.6 Å². The largest absolute Gasteiger partial charge is 0.365 e. The molecule has 0 fully saturated rings. The molecule has 0 N–H and O–H groups in total. The van der Waals surface area contributed by atoms with Crippen LogP contribution < -0.4 is 25.6 Å². The van der Waals surface area contributed by atoms with Gasteiger partial charge in [0, 0.05) is 13.8 Å². The van der Waals surface area contributed by atoms with Crippen LogP contribution in [0.25, 0.3) is 0 Å². The summed E-state index contributed by atoms with van der Waals surface area (Å²) in [5.74, 6) is 0.822. The molecule has 0 unspecified atom stereocenters.